The highest BCUT2D eigenvalue weighted by Crippen LogP contribution is 2.25. The van der Waals surface area contributed by atoms with Crippen molar-refractivity contribution in [2.45, 2.75) is 32.3 Å². The molecule has 0 amide bonds. The van der Waals surface area contributed by atoms with Crippen molar-refractivity contribution in [2.24, 2.45) is 0 Å². The smallest absolute Gasteiger partial charge is 0.213 e. The fourth-order valence-electron chi connectivity index (χ4n) is 2.51. The van der Waals surface area contributed by atoms with Gasteiger partial charge in [-0.3, -0.25) is 0 Å². The third kappa shape index (κ3) is 3.76. The molecule has 110 valence electrons. The molecule has 2 aromatic heterocycles. The Kier molecular flexibility index (Phi) is 4.40. The van der Waals surface area contributed by atoms with Crippen molar-refractivity contribution in [1.82, 2.24) is 20.5 Å². The molecular weight excluding hydrogens is 264 g/mol. The van der Waals surface area contributed by atoms with Crippen LogP contribution in [0.1, 0.15) is 35.8 Å². The topological polar surface area (TPSA) is 59.9 Å². The standard InChI is InChI=1S/C16H20N4O/c1-12-5-6-14(20-19-12)11-21-16-4-2-3-15(18-16)13-7-9-17-10-8-13/h2-6,13,17H,7-11H2,1H3. The van der Waals surface area contributed by atoms with Crippen molar-refractivity contribution in [2.75, 3.05) is 13.1 Å². The van der Waals surface area contributed by atoms with E-state index in [-0.39, 0.29) is 0 Å². The molecule has 3 rings (SSSR count). The number of pyridine rings is 1. The summed E-state index contributed by atoms with van der Waals surface area (Å²) < 4.78 is 5.73. The Morgan fingerprint density at radius 1 is 1.14 bits per heavy atom. The van der Waals surface area contributed by atoms with Gasteiger partial charge in [0.15, 0.2) is 0 Å². The summed E-state index contributed by atoms with van der Waals surface area (Å²) in [6, 6.07) is 9.87. The molecule has 0 saturated carbocycles. The summed E-state index contributed by atoms with van der Waals surface area (Å²) in [4.78, 5) is 4.63. The van der Waals surface area contributed by atoms with Crippen molar-refractivity contribution in [3.8, 4) is 5.88 Å². The number of rotatable bonds is 4. The molecule has 3 heterocycles. The summed E-state index contributed by atoms with van der Waals surface area (Å²) in [6.07, 6.45) is 2.28. The quantitative estimate of drug-likeness (QED) is 0.933. The summed E-state index contributed by atoms with van der Waals surface area (Å²) in [5.74, 6) is 1.20. The van der Waals surface area contributed by atoms with Crippen LogP contribution in [0.25, 0.3) is 0 Å². The van der Waals surface area contributed by atoms with Gasteiger partial charge in [-0.05, 0) is 51.1 Å². The lowest BCUT2D eigenvalue weighted by Crippen LogP contribution is -2.27. The molecule has 5 nitrogen and oxygen atoms in total. The van der Waals surface area contributed by atoms with Crippen LogP contribution in [0.2, 0.25) is 0 Å². The molecule has 1 aliphatic heterocycles. The van der Waals surface area contributed by atoms with E-state index in [1.807, 2.05) is 31.2 Å². The predicted molar refractivity (Wildman–Crippen MR) is 80.2 cm³/mol. The average molecular weight is 284 g/mol. The van der Waals surface area contributed by atoms with Gasteiger partial charge in [0.05, 0.1) is 5.69 Å². The average Bonchev–Trinajstić information content (AvgIpc) is 2.55. The number of hydrogen-bond acceptors (Lipinski definition) is 5. The third-order valence-corrected chi connectivity index (χ3v) is 3.72. The van der Waals surface area contributed by atoms with Gasteiger partial charge in [0.25, 0.3) is 0 Å². The van der Waals surface area contributed by atoms with Crippen molar-refractivity contribution in [3.05, 3.63) is 47.4 Å². The zero-order valence-corrected chi connectivity index (χ0v) is 12.2. The Balaban J connectivity index is 1.64. The summed E-state index contributed by atoms with van der Waals surface area (Å²) in [6.45, 7) is 4.45. The van der Waals surface area contributed by atoms with Crippen LogP contribution in [-0.2, 0) is 6.61 Å². The van der Waals surface area contributed by atoms with Crippen molar-refractivity contribution in [1.29, 1.82) is 0 Å². The zero-order valence-electron chi connectivity index (χ0n) is 12.2. The van der Waals surface area contributed by atoms with E-state index in [9.17, 15) is 0 Å². The molecule has 0 unspecified atom stereocenters. The molecule has 1 N–H and O–H groups in total. The molecule has 0 atom stereocenters. The maximum absolute atomic E-state index is 5.73. The summed E-state index contributed by atoms with van der Waals surface area (Å²) in [5, 5.41) is 11.5. The van der Waals surface area contributed by atoms with Crippen LogP contribution < -0.4 is 10.1 Å². The van der Waals surface area contributed by atoms with Crippen LogP contribution in [0, 0.1) is 6.92 Å². The normalized spacial score (nSPS) is 15.9. The second-order valence-electron chi connectivity index (χ2n) is 5.38. The fourth-order valence-corrected chi connectivity index (χ4v) is 2.51. The van der Waals surface area contributed by atoms with Crippen LogP contribution in [0.3, 0.4) is 0 Å². The van der Waals surface area contributed by atoms with Gasteiger partial charge in [0.2, 0.25) is 5.88 Å². The van der Waals surface area contributed by atoms with E-state index in [1.165, 1.54) is 0 Å². The van der Waals surface area contributed by atoms with Gasteiger partial charge in [-0.25, -0.2) is 4.98 Å². The minimum atomic E-state index is 0.399. The van der Waals surface area contributed by atoms with Gasteiger partial charge in [-0.2, -0.15) is 10.2 Å². The highest BCUT2D eigenvalue weighted by molar-refractivity contribution is 5.19. The van der Waals surface area contributed by atoms with Gasteiger partial charge in [0, 0.05) is 17.7 Å². The number of nitrogens with zero attached hydrogens (tertiary/aromatic N) is 3. The Hall–Kier alpha value is -2.01. The van der Waals surface area contributed by atoms with E-state index in [0.717, 1.165) is 43.0 Å². The van der Waals surface area contributed by atoms with Gasteiger partial charge < -0.3 is 10.1 Å². The summed E-state index contributed by atoms with van der Waals surface area (Å²) in [5.41, 5.74) is 2.85. The monoisotopic (exact) mass is 284 g/mol. The molecule has 5 heteroatoms. The Morgan fingerprint density at radius 3 is 2.76 bits per heavy atom. The summed E-state index contributed by atoms with van der Waals surface area (Å²) in [7, 11) is 0. The largest absolute Gasteiger partial charge is 0.471 e. The van der Waals surface area contributed by atoms with E-state index in [2.05, 4.69) is 26.6 Å². The first-order valence-corrected chi connectivity index (χ1v) is 7.41. The molecule has 1 saturated heterocycles. The maximum atomic E-state index is 5.73. The van der Waals surface area contributed by atoms with Crippen LogP contribution in [-0.4, -0.2) is 28.3 Å². The first kappa shape index (κ1) is 13.9. The van der Waals surface area contributed by atoms with E-state index >= 15 is 0 Å². The molecule has 1 fully saturated rings. The third-order valence-electron chi connectivity index (χ3n) is 3.72. The lowest BCUT2D eigenvalue weighted by molar-refractivity contribution is 0.285. The van der Waals surface area contributed by atoms with E-state index < -0.39 is 0 Å². The SMILES string of the molecule is Cc1ccc(COc2cccc(C3CCNCC3)n2)nn1. The number of aromatic nitrogens is 3. The van der Waals surface area contributed by atoms with Crippen LogP contribution >= 0.6 is 0 Å². The van der Waals surface area contributed by atoms with Gasteiger partial charge in [-0.15, -0.1) is 0 Å². The van der Waals surface area contributed by atoms with Crippen molar-refractivity contribution in [3.63, 3.8) is 0 Å². The second-order valence-corrected chi connectivity index (χ2v) is 5.38. The highest BCUT2D eigenvalue weighted by Gasteiger charge is 2.16. The Bertz CT molecular complexity index is 579. The van der Waals surface area contributed by atoms with Crippen LogP contribution in [0.4, 0.5) is 0 Å². The summed E-state index contributed by atoms with van der Waals surface area (Å²) >= 11 is 0. The van der Waals surface area contributed by atoms with Crippen molar-refractivity contribution >= 4 is 0 Å². The van der Waals surface area contributed by atoms with Crippen LogP contribution in [0.5, 0.6) is 5.88 Å². The van der Waals surface area contributed by atoms with E-state index in [0.29, 0.717) is 18.4 Å². The van der Waals surface area contributed by atoms with Gasteiger partial charge >= 0.3 is 0 Å². The van der Waals surface area contributed by atoms with E-state index in [1.54, 1.807) is 0 Å². The number of ether oxygens (including phenoxy) is 1. The minimum Gasteiger partial charge on any atom is -0.471 e. The highest BCUT2D eigenvalue weighted by atomic mass is 16.5. The van der Waals surface area contributed by atoms with Crippen LogP contribution in [0.15, 0.2) is 30.3 Å². The van der Waals surface area contributed by atoms with Gasteiger partial charge in [-0.1, -0.05) is 6.07 Å². The number of piperidine rings is 1. The molecule has 0 radical (unpaired) electrons. The maximum Gasteiger partial charge on any atom is 0.213 e. The molecule has 0 aromatic carbocycles. The predicted octanol–water partition coefficient (Wildman–Crippen LogP) is 2.23. The van der Waals surface area contributed by atoms with Crippen molar-refractivity contribution < 1.29 is 4.74 Å². The lowest BCUT2D eigenvalue weighted by Gasteiger charge is -2.22. The first-order valence-electron chi connectivity index (χ1n) is 7.41. The minimum absolute atomic E-state index is 0.399. The molecule has 1 aliphatic rings. The zero-order chi connectivity index (χ0) is 14.5. The molecule has 0 aliphatic carbocycles. The second kappa shape index (κ2) is 6.63. The number of aryl methyl sites for hydroxylation is 1. The molecule has 2 aromatic rings. The Morgan fingerprint density at radius 2 is 2.00 bits per heavy atom. The van der Waals surface area contributed by atoms with Gasteiger partial charge in [0.1, 0.15) is 12.3 Å². The Labute approximate surface area is 124 Å². The van der Waals surface area contributed by atoms with E-state index in [4.69, 9.17) is 4.74 Å². The molecule has 0 bridgehead atoms. The lowest BCUT2D eigenvalue weighted by atomic mass is 9.94. The first-order chi connectivity index (χ1) is 10.3. The molecule has 21 heavy (non-hydrogen) atoms. The number of nitrogens with one attached hydrogen (secondary N) is 1. The number of hydrogen-bond donors (Lipinski definition) is 1. The molecular formula is C16H20N4O. The fraction of sp³-hybridized carbons (Fsp3) is 0.438. The molecule has 0 spiro atoms.